The van der Waals surface area contributed by atoms with Crippen molar-refractivity contribution in [1.82, 2.24) is 20.2 Å². The molecule has 2 aromatic carbocycles. The summed E-state index contributed by atoms with van der Waals surface area (Å²) in [6, 6.07) is 15.6. The molecule has 0 unspecified atom stereocenters. The highest BCUT2D eigenvalue weighted by Crippen LogP contribution is 2.32. The molecular formula is C21H23N5O2S. The van der Waals surface area contributed by atoms with Crippen LogP contribution in [0, 0.1) is 6.92 Å². The molecule has 1 aromatic heterocycles. The summed E-state index contributed by atoms with van der Waals surface area (Å²) in [6.45, 7) is 2.03. The van der Waals surface area contributed by atoms with Crippen LogP contribution < -0.4 is 10.1 Å². The fourth-order valence-electron chi connectivity index (χ4n) is 3.37. The van der Waals surface area contributed by atoms with Crippen LogP contribution in [-0.4, -0.2) is 31.9 Å². The number of nitrogens with one attached hydrogen (secondary N) is 1. The number of nitrogens with zero attached hydrogens (tertiary/aromatic N) is 4. The zero-order valence-electron chi connectivity index (χ0n) is 16.2. The first-order valence-corrected chi connectivity index (χ1v) is 10.7. The Labute approximate surface area is 173 Å². The molecule has 0 aliphatic heterocycles. The van der Waals surface area contributed by atoms with Gasteiger partial charge in [0.2, 0.25) is 11.1 Å². The summed E-state index contributed by atoms with van der Waals surface area (Å²) in [5.74, 6) is 1.43. The van der Waals surface area contributed by atoms with Crippen molar-refractivity contribution in [2.75, 3.05) is 11.1 Å². The Morgan fingerprint density at radius 1 is 1.17 bits per heavy atom. The van der Waals surface area contributed by atoms with Crippen molar-refractivity contribution in [2.24, 2.45) is 0 Å². The minimum atomic E-state index is -0.129. The van der Waals surface area contributed by atoms with Gasteiger partial charge in [0.05, 0.1) is 17.5 Å². The van der Waals surface area contributed by atoms with E-state index < -0.39 is 0 Å². The van der Waals surface area contributed by atoms with Crippen molar-refractivity contribution >= 4 is 23.4 Å². The average molecular weight is 410 g/mol. The van der Waals surface area contributed by atoms with Crippen LogP contribution in [0.1, 0.15) is 37.3 Å². The summed E-state index contributed by atoms with van der Waals surface area (Å²) in [5.41, 5.74) is 1.80. The molecule has 7 nitrogen and oxygen atoms in total. The Bertz CT molecular complexity index is 967. The smallest absolute Gasteiger partial charge is 0.234 e. The SMILES string of the molecule is Cc1ccc(Oc2ccccc2NC(=O)CSc2nnnn2C2CCCC2)cc1. The number of thioether (sulfide) groups is 1. The molecule has 0 atom stereocenters. The number of hydrogen-bond acceptors (Lipinski definition) is 6. The maximum Gasteiger partial charge on any atom is 0.234 e. The summed E-state index contributed by atoms with van der Waals surface area (Å²) in [6.07, 6.45) is 4.59. The first kappa shape index (κ1) is 19.4. The highest BCUT2D eigenvalue weighted by Gasteiger charge is 2.22. The minimum Gasteiger partial charge on any atom is -0.455 e. The lowest BCUT2D eigenvalue weighted by molar-refractivity contribution is -0.113. The highest BCUT2D eigenvalue weighted by atomic mass is 32.2. The number of anilines is 1. The molecule has 1 aliphatic rings. The summed E-state index contributed by atoms with van der Waals surface area (Å²) in [7, 11) is 0. The van der Waals surface area contributed by atoms with E-state index in [1.165, 1.54) is 24.6 Å². The van der Waals surface area contributed by atoms with Crippen LogP contribution in [0.3, 0.4) is 0 Å². The molecule has 1 fully saturated rings. The number of carbonyl (C=O) groups is 1. The van der Waals surface area contributed by atoms with Crippen LogP contribution in [0.25, 0.3) is 0 Å². The van der Waals surface area contributed by atoms with E-state index >= 15 is 0 Å². The van der Waals surface area contributed by atoms with Gasteiger partial charge in [-0.15, -0.1) is 5.10 Å². The third-order valence-corrected chi connectivity index (χ3v) is 5.81. The average Bonchev–Trinajstić information content (AvgIpc) is 3.41. The number of hydrogen-bond donors (Lipinski definition) is 1. The maximum absolute atomic E-state index is 12.5. The third-order valence-electron chi connectivity index (χ3n) is 4.88. The number of aromatic nitrogens is 4. The lowest BCUT2D eigenvalue weighted by Crippen LogP contribution is -2.16. The molecule has 1 aliphatic carbocycles. The van der Waals surface area contributed by atoms with Crippen molar-refractivity contribution in [3.05, 3.63) is 54.1 Å². The molecule has 1 heterocycles. The van der Waals surface area contributed by atoms with Gasteiger partial charge in [0.25, 0.3) is 0 Å². The molecule has 0 saturated heterocycles. The first-order valence-electron chi connectivity index (χ1n) is 9.73. The zero-order valence-corrected chi connectivity index (χ0v) is 17.1. The van der Waals surface area contributed by atoms with Crippen molar-refractivity contribution in [3.63, 3.8) is 0 Å². The Morgan fingerprint density at radius 3 is 2.72 bits per heavy atom. The van der Waals surface area contributed by atoms with Crippen molar-refractivity contribution in [3.8, 4) is 11.5 Å². The van der Waals surface area contributed by atoms with Gasteiger partial charge in [-0.3, -0.25) is 4.79 Å². The Balaban J connectivity index is 1.38. The number of benzene rings is 2. The summed E-state index contributed by atoms with van der Waals surface area (Å²) >= 11 is 1.35. The van der Waals surface area contributed by atoms with Crippen molar-refractivity contribution in [2.45, 2.75) is 43.8 Å². The molecule has 0 spiro atoms. The number of aryl methyl sites for hydroxylation is 1. The van der Waals surface area contributed by atoms with Crippen LogP contribution in [0.15, 0.2) is 53.7 Å². The van der Waals surface area contributed by atoms with E-state index in [-0.39, 0.29) is 11.7 Å². The number of para-hydroxylation sites is 2. The molecular weight excluding hydrogens is 386 g/mol. The monoisotopic (exact) mass is 409 g/mol. The number of ether oxygens (including phenoxy) is 1. The van der Waals surface area contributed by atoms with Crippen LogP contribution in [0.4, 0.5) is 5.69 Å². The van der Waals surface area contributed by atoms with Crippen LogP contribution >= 0.6 is 11.8 Å². The fraction of sp³-hybridized carbons (Fsp3) is 0.333. The second-order valence-corrected chi connectivity index (χ2v) is 8.03. The fourth-order valence-corrected chi connectivity index (χ4v) is 4.11. The predicted molar refractivity (Wildman–Crippen MR) is 112 cm³/mol. The van der Waals surface area contributed by atoms with Crippen LogP contribution in [0.2, 0.25) is 0 Å². The number of rotatable bonds is 7. The van der Waals surface area contributed by atoms with Gasteiger partial charge in [-0.1, -0.05) is 54.4 Å². The molecule has 8 heteroatoms. The van der Waals surface area contributed by atoms with Gasteiger partial charge >= 0.3 is 0 Å². The van der Waals surface area contributed by atoms with Gasteiger partial charge in [0.15, 0.2) is 5.75 Å². The van der Waals surface area contributed by atoms with E-state index in [2.05, 4.69) is 20.8 Å². The van der Waals surface area contributed by atoms with Gasteiger partial charge in [-0.05, 0) is 54.5 Å². The van der Waals surface area contributed by atoms with E-state index in [4.69, 9.17) is 4.74 Å². The van der Waals surface area contributed by atoms with Crippen molar-refractivity contribution in [1.29, 1.82) is 0 Å². The standard InChI is InChI=1S/C21H23N5O2S/c1-15-10-12-17(13-11-15)28-19-9-5-4-8-18(19)22-20(27)14-29-21-23-24-25-26(21)16-6-2-3-7-16/h4-5,8-13,16H,2-3,6-7,14H2,1H3,(H,22,27). The van der Waals surface area contributed by atoms with E-state index in [0.717, 1.165) is 24.2 Å². The molecule has 3 aromatic rings. The van der Waals surface area contributed by atoms with Gasteiger partial charge in [0, 0.05) is 0 Å². The summed E-state index contributed by atoms with van der Waals surface area (Å²) in [5, 5.41) is 15.6. The van der Waals surface area contributed by atoms with Crippen LogP contribution in [0.5, 0.6) is 11.5 Å². The molecule has 29 heavy (non-hydrogen) atoms. The minimum absolute atomic E-state index is 0.129. The van der Waals surface area contributed by atoms with E-state index in [9.17, 15) is 4.79 Å². The van der Waals surface area contributed by atoms with E-state index in [1.807, 2.05) is 60.1 Å². The summed E-state index contributed by atoms with van der Waals surface area (Å²) < 4.78 is 7.80. The highest BCUT2D eigenvalue weighted by molar-refractivity contribution is 7.99. The maximum atomic E-state index is 12.5. The number of carbonyl (C=O) groups excluding carboxylic acids is 1. The quantitative estimate of drug-likeness (QED) is 0.574. The molecule has 1 N–H and O–H groups in total. The van der Waals surface area contributed by atoms with Gasteiger partial charge < -0.3 is 10.1 Å². The molecule has 0 bridgehead atoms. The second-order valence-electron chi connectivity index (χ2n) is 7.09. The van der Waals surface area contributed by atoms with Gasteiger partial charge in [0.1, 0.15) is 5.75 Å². The first-order chi connectivity index (χ1) is 14.2. The zero-order chi connectivity index (χ0) is 20.1. The molecule has 1 amide bonds. The largest absolute Gasteiger partial charge is 0.455 e. The molecule has 0 radical (unpaired) electrons. The van der Waals surface area contributed by atoms with Gasteiger partial charge in [-0.25, -0.2) is 4.68 Å². The Kier molecular flexibility index (Phi) is 6.09. The third kappa shape index (κ3) is 4.95. The lowest BCUT2D eigenvalue weighted by atomic mass is 10.2. The summed E-state index contributed by atoms with van der Waals surface area (Å²) in [4.78, 5) is 12.5. The topological polar surface area (TPSA) is 81.9 Å². The second kappa shape index (κ2) is 9.09. The Morgan fingerprint density at radius 2 is 1.93 bits per heavy atom. The van der Waals surface area contributed by atoms with Crippen molar-refractivity contribution < 1.29 is 9.53 Å². The van der Waals surface area contributed by atoms with E-state index in [1.54, 1.807) is 0 Å². The predicted octanol–water partition coefficient (Wildman–Crippen LogP) is 4.62. The van der Waals surface area contributed by atoms with Gasteiger partial charge in [-0.2, -0.15) is 0 Å². The normalized spacial score (nSPS) is 14.1. The number of amides is 1. The molecule has 4 rings (SSSR count). The molecule has 150 valence electrons. The van der Waals surface area contributed by atoms with E-state index in [0.29, 0.717) is 22.6 Å². The lowest BCUT2D eigenvalue weighted by Gasteiger charge is -2.13. The Hall–Kier alpha value is -2.87. The van der Waals surface area contributed by atoms with Crippen LogP contribution in [-0.2, 0) is 4.79 Å². The molecule has 1 saturated carbocycles. The number of tetrazole rings is 1.